The Balaban J connectivity index is 2.11. The Bertz CT molecular complexity index is 923. The van der Waals surface area contributed by atoms with Gasteiger partial charge >= 0.3 is 11.9 Å². The van der Waals surface area contributed by atoms with Crippen LogP contribution < -0.4 is 5.73 Å². The quantitative estimate of drug-likeness (QED) is 0.776. The van der Waals surface area contributed by atoms with Gasteiger partial charge in [0.25, 0.3) is 0 Å². The third-order valence-electron chi connectivity index (χ3n) is 5.12. The maximum atomic E-state index is 13.0. The van der Waals surface area contributed by atoms with Crippen LogP contribution in [0.2, 0.25) is 0 Å². The van der Waals surface area contributed by atoms with Crippen LogP contribution in [0.25, 0.3) is 0 Å². The van der Waals surface area contributed by atoms with Crippen molar-refractivity contribution in [1.29, 1.82) is 0 Å². The van der Waals surface area contributed by atoms with Crippen molar-refractivity contribution < 1.29 is 28.6 Å². The van der Waals surface area contributed by atoms with Crippen LogP contribution in [-0.4, -0.2) is 31.4 Å². The Morgan fingerprint density at radius 2 is 1.83 bits per heavy atom. The van der Waals surface area contributed by atoms with E-state index in [0.29, 0.717) is 35.3 Å². The van der Waals surface area contributed by atoms with E-state index in [1.807, 2.05) is 13.8 Å². The summed E-state index contributed by atoms with van der Waals surface area (Å²) in [6.45, 7) is 5.97. The number of hydrogen-bond donors (Lipinski definition) is 1. The molecule has 0 fully saturated rings. The molecule has 0 radical (unpaired) electrons. The third kappa shape index (κ3) is 3.90. The fourth-order valence-corrected chi connectivity index (χ4v) is 3.85. The number of rotatable bonds is 4. The molecule has 0 spiro atoms. The Morgan fingerprint density at radius 1 is 1.17 bits per heavy atom. The van der Waals surface area contributed by atoms with E-state index in [-0.39, 0.29) is 29.3 Å². The van der Waals surface area contributed by atoms with E-state index in [1.165, 1.54) is 7.11 Å². The van der Waals surface area contributed by atoms with E-state index < -0.39 is 17.9 Å². The molecule has 0 bridgehead atoms. The molecule has 0 aromatic heterocycles. The predicted octanol–water partition coefficient (Wildman–Crippen LogP) is 2.96. The molecule has 0 amide bonds. The van der Waals surface area contributed by atoms with E-state index in [2.05, 4.69) is 0 Å². The molecule has 1 aromatic carbocycles. The summed E-state index contributed by atoms with van der Waals surface area (Å²) in [6, 6.07) is 6.59. The Hall–Kier alpha value is -3.09. The first-order valence-electron chi connectivity index (χ1n) is 9.47. The smallest absolute Gasteiger partial charge is 0.340 e. The average Bonchev–Trinajstić information content (AvgIpc) is 2.65. The van der Waals surface area contributed by atoms with Crippen molar-refractivity contribution in [1.82, 2.24) is 0 Å². The largest absolute Gasteiger partial charge is 0.465 e. The summed E-state index contributed by atoms with van der Waals surface area (Å²) in [5, 5.41) is 0. The number of methoxy groups -OCH3 is 1. The summed E-state index contributed by atoms with van der Waals surface area (Å²) in [7, 11) is 1.25. The number of allylic oxidation sites excluding steroid dienone is 2. The lowest BCUT2D eigenvalue weighted by atomic mass is 9.70. The van der Waals surface area contributed by atoms with Crippen molar-refractivity contribution in [3.8, 4) is 0 Å². The fraction of sp³-hybridized carbons (Fsp3) is 0.409. The van der Waals surface area contributed by atoms with Gasteiger partial charge in [0, 0.05) is 18.4 Å². The molecule has 29 heavy (non-hydrogen) atoms. The average molecular weight is 399 g/mol. The lowest BCUT2D eigenvalue weighted by Gasteiger charge is -2.37. The maximum Gasteiger partial charge on any atom is 0.340 e. The number of nitrogens with two attached hydrogens (primary N) is 1. The molecule has 2 N–H and O–H groups in total. The molecule has 7 heteroatoms. The highest BCUT2D eigenvalue weighted by molar-refractivity contribution is 6.03. The molecule has 3 rings (SSSR count). The van der Waals surface area contributed by atoms with E-state index in [0.717, 1.165) is 0 Å². The van der Waals surface area contributed by atoms with Crippen LogP contribution in [-0.2, 0) is 23.8 Å². The molecule has 2 aliphatic rings. The van der Waals surface area contributed by atoms with Crippen LogP contribution in [0.4, 0.5) is 0 Å². The minimum atomic E-state index is -0.717. The van der Waals surface area contributed by atoms with Gasteiger partial charge in [-0.1, -0.05) is 26.0 Å². The first-order valence-corrected chi connectivity index (χ1v) is 9.47. The molecule has 154 valence electrons. The van der Waals surface area contributed by atoms with E-state index in [1.54, 1.807) is 31.2 Å². The first-order chi connectivity index (χ1) is 13.7. The number of esters is 2. The molecule has 1 unspecified atom stereocenters. The minimum Gasteiger partial charge on any atom is -0.465 e. The zero-order valence-electron chi connectivity index (χ0n) is 17.0. The fourth-order valence-electron chi connectivity index (χ4n) is 3.85. The van der Waals surface area contributed by atoms with Crippen molar-refractivity contribution in [2.24, 2.45) is 11.1 Å². The Morgan fingerprint density at radius 3 is 2.41 bits per heavy atom. The second-order valence-electron chi connectivity index (χ2n) is 7.92. The van der Waals surface area contributed by atoms with Gasteiger partial charge in [-0.15, -0.1) is 0 Å². The Labute approximate surface area is 169 Å². The number of ketones is 1. The van der Waals surface area contributed by atoms with Crippen molar-refractivity contribution in [3.05, 3.63) is 58.2 Å². The number of benzene rings is 1. The van der Waals surface area contributed by atoms with Crippen molar-refractivity contribution in [2.45, 2.75) is 39.5 Å². The van der Waals surface area contributed by atoms with E-state index >= 15 is 0 Å². The summed E-state index contributed by atoms with van der Waals surface area (Å²) in [5.74, 6) is -1.50. The molecule has 1 aliphatic heterocycles. The van der Waals surface area contributed by atoms with E-state index in [4.69, 9.17) is 19.9 Å². The summed E-state index contributed by atoms with van der Waals surface area (Å²) in [5.41, 5.74) is 7.34. The lowest BCUT2D eigenvalue weighted by Crippen LogP contribution is -2.35. The van der Waals surface area contributed by atoms with Gasteiger partial charge < -0.3 is 19.9 Å². The lowest BCUT2D eigenvalue weighted by molar-refractivity contribution is -0.136. The normalized spacial score (nSPS) is 20.7. The monoisotopic (exact) mass is 399 g/mol. The van der Waals surface area contributed by atoms with Crippen molar-refractivity contribution in [2.75, 3.05) is 13.7 Å². The predicted molar refractivity (Wildman–Crippen MR) is 105 cm³/mol. The number of ether oxygens (including phenoxy) is 3. The van der Waals surface area contributed by atoms with Gasteiger partial charge in [0.2, 0.25) is 5.88 Å². The van der Waals surface area contributed by atoms with Gasteiger partial charge in [-0.2, -0.15) is 0 Å². The van der Waals surface area contributed by atoms with Crippen LogP contribution in [0.3, 0.4) is 0 Å². The number of carbonyl (C=O) groups is 3. The van der Waals surface area contributed by atoms with Crippen LogP contribution >= 0.6 is 0 Å². The molecule has 7 nitrogen and oxygen atoms in total. The molecule has 0 saturated carbocycles. The molecule has 1 atom stereocenters. The van der Waals surface area contributed by atoms with Crippen molar-refractivity contribution >= 4 is 17.7 Å². The second-order valence-corrected chi connectivity index (χ2v) is 7.92. The Kier molecular flexibility index (Phi) is 5.50. The maximum absolute atomic E-state index is 13.0. The zero-order valence-corrected chi connectivity index (χ0v) is 17.0. The zero-order chi connectivity index (χ0) is 21.3. The highest BCUT2D eigenvalue weighted by Crippen LogP contribution is 2.48. The van der Waals surface area contributed by atoms with Gasteiger partial charge in [0.1, 0.15) is 11.3 Å². The van der Waals surface area contributed by atoms with Crippen LogP contribution in [0, 0.1) is 5.41 Å². The van der Waals surface area contributed by atoms with Gasteiger partial charge in [-0.25, -0.2) is 9.59 Å². The van der Waals surface area contributed by atoms with Crippen molar-refractivity contribution in [3.63, 3.8) is 0 Å². The number of hydrogen-bond acceptors (Lipinski definition) is 7. The number of carbonyl (C=O) groups excluding carboxylic acids is 3. The van der Waals surface area contributed by atoms with Gasteiger partial charge in [0.15, 0.2) is 5.78 Å². The number of Topliss-reactive ketones (excluding diaryl/α,β-unsaturated/α-hetero) is 1. The highest BCUT2D eigenvalue weighted by Gasteiger charge is 2.44. The second kappa shape index (κ2) is 7.73. The summed E-state index contributed by atoms with van der Waals surface area (Å²) in [4.78, 5) is 37.5. The van der Waals surface area contributed by atoms with E-state index in [9.17, 15) is 14.4 Å². The SMILES string of the molecule is CCOC(=O)c1ccc(C2C(C(=O)OC)=C(N)OC3=C2C(=O)CC(C)(C)C3)cc1. The highest BCUT2D eigenvalue weighted by atomic mass is 16.5. The van der Waals surface area contributed by atoms with Crippen LogP contribution in [0.15, 0.2) is 47.1 Å². The minimum absolute atomic E-state index is 0.0689. The van der Waals surface area contributed by atoms with Crippen LogP contribution in [0.1, 0.15) is 55.5 Å². The topological polar surface area (TPSA) is 105 Å². The van der Waals surface area contributed by atoms with Gasteiger partial charge in [-0.3, -0.25) is 4.79 Å². The van der Waals surface area contributed by atoms with Gasteiger partial charge in [-0.05, 0) is 30.0 Å². The van der Waals surface area contributed by atoms with Crippen LogP contribution in [0.5, 0.6) is 0 Å². The molecule has 1 heterocycles. The molecule has 0 saturated heterocycles. The molecular formula is C22H25NO6. The standard InChI is InChI=1S/C22H25NO6/c1-5-28-20(25)13-8-6-12(7-9-13)16-17-14(24)10-22(2,3)11-15(17)29-19(23)18(16)21(26)27-4/h6-9,16H,5,10-11,23H2,1-4H3. The summed E-state index contributed by atoms with van der Waals surface area (Å²) in [6.07, 6.45) is 0.863. The first kappa shape index (κ1) is 20.6. The van der Waals surface area contributed by atoms with Gasteiger partial charge in [0.05, 0.1) is 25.2 Å². The summed E-state index contributed by atoms with van der Waals surface area (Å²) >= 11 is 0. The molecular weight excluding hydrogens is 374 g/mol. The molecule has 1 aliphatic carbocycles. The summed E-state index contributed by atoms with van der Waals surface area (Å²) < 4.78 is 15.6. The third-order valence-corrected chi connectivity index (χ3v) is 5.12. The molecule has 1 aromatic rings.